The molecule has 5 nitrogen and oxygen atoms in total. The number of carbonyl (C=O) groups excluding carboxylic acids is 1. The van der Waals surface area contributed by atoms with E-state index < -0.39 is 12.0 Å². The molecule has 0 aliphatic carbocycles. The van der Waals surface area contributed by atoms with Gasteiger partial charge in [-0.3, -0.25) is 0 Å². The summed E-state index contributed by atoms with van der Waals surface area (Å²) in [5, 5.41) is 15.1. The zero-order chi connectivity index (χ0) is 18.0. The number of benzene rings is 2. The van der Waals surface area contributed by atoms with Crippen LogP contribution in [0.5, 0.6) is 0 Å². The Morgan fingerprint density at radius 2 is 2.00 bits per heavy atom. The Morgan fingerprint density at radius 3 is 2.64 bits per heavy atom. The molecule has 7 heteroatoms. The highest BCUT2D eigenvalue weighted by molar-refractivity contribution is 6.35. The molecule has 3 rings (SSSR count). The highest BCUT2D eigenvalue weighted by Crippen LogP contribution is 2.45. The van der Waals surface area contributed by atoms with Crippen molar-refractivity contribution < 1.29 is 14.7 Å². The minimum atomic E-state index is -1.07. The molecule has 1 aliphatic heterocycles. The second-order valence-corrected chi connectivity index (χ2v) is 6.68. The number of isocyanates is 1. The third-order valence-corrected chi connectivity index (χ3v) is 4.82. The average Bonchev–Trinajstić information content (AvgIpc) is 2.57. The van der Waals surface area contributed by atoms with Crippen LogP contribution in [0.1, 0.15) is 23.5 Å². The molecular formula is C18H14Cl2N2O3. The number of carboxylic acids is 1. The number of hydrogen-bond acceptors (Lipinski definition) is 4. The summed E-state index contributed by atoms with van der Waals surface area (Å²) in [6.45, 7) is 0. The van der Waals surface area contributed by atoms with Crippen LogP contribution >= 0.6 is 23.2 Å². The van der Waals surface area contributed by atoms with Gasteiger partial charge in [-0.15, -0.1) is 0 Å². The highest BCUT2D eigenvalue weighted by atomic mass is 35.5. The van der Waals surface area contributed by atoms with E-state index in [9.17, 15) is 14.7 Å². The first kappa shape index (κ1) is 17.5. The van der Waals surface area contributed by atoms with Crippen LogP contribution in [-0.2, 0) is 16.0 Å². The Bertz CT molecular complexity index is 851. The molecule has 1 aliphatic rings. The lowest BCUT2D eigenvalue weighted by atomic mass is 9.82. The average molecular weight is 377 g/mol. The molecule has 0 amide bonds. The largest absolute Gasteiger partial charge is 0.480 e. The third-order valence-electron chi connectivity index (χ3n) is 4.29. The summed E-state index contributed by atoms with van der Waals surface area (Å²) in [4.78, 5) is 22.5. The summed E-state index contributed by atoms with van der Waals surface area (Å²) in [7, 11) is 0. The number of aliphatic carboxylic acids is 1. The van der Waals surface area contributed by atoms with Gasteiger partial charge in [-0.25, -0.2) is 14.6 Å². The summed E-state index contributed by atoms with van der Waals surface area (Å²) in [5.74, 6) is -1.21. The van der Waals surface area contributed by atoms with Crippen molar-refractivity contribution in [3.63, 3.8) is 0 Å². The van der Waals surface area contributed by atoms with E-state index >= 15 is 0 Å². The minimum Gasteiger partial charge on any atom is -0.480 e. The standard InChI is InChI=1S/C18H14Cl2N2O3/c19-13-8-14(20)17-12(6-11-4-2-1-3-5-11)7-16(18(24)25)22(21-10-23)15(17)9-13/h1-5,8-9,12,16H,6-7H2,(H,24,25)/t12-,16+/m0/s1. The monoisotopic (exact) mass is 376 g/mol. The van der Waals surface area contributed by atoms with Crippen LogP contribution in [0.25, 0.3) is 0 Å². The van der Waals surface area contributed by atoms with Crippen LogP contribution in [0.3, 0.4) is 0 Å². The lowest BCUT2D eigenvalue weighted by Gasteiger charge is -2.37. The van der Waals surface area contributed by atoms with Gasteiger partial charge in [0.05, 0.1) is 5.69 Å². The Morgan fingerprint density at radius 1 is 1.28 bits per heavy atom. The van der Waals surface area contributed by atoms with E-state index in [0.29, 0.717) is 22.2 Å². The smallest absolute Gasteiger partial charge is 0.328 e. The quantitative estimate of drug-likeness (QED) is 0.639. The summed E-state index contributed by atoms with van der Waals surface area (Å²) in [5.41, 5.74) is 2.24. The van der Waals surface area contributed by atoms with Gasteiger partial charge in [0.15, 0.2) is 6.04 Å². The van der Waals surface area contributed by atoms with Gasteiger partial charge < -0.3 is 5.11 Å². The molecule has 2 atom stereocenters. The highest BCUT2D eigenvalue weighted by Gasteiger charge is 2.38. The van der Waals surface area contributed by atoms with Crippen LogP contribution in [0, 0.1) is 0 Å². The number of rotatable bonds is 4. The molecule has 1 N–H and O–H groups in total. The molecule has 0 aromatic heterocycles. The van der Waals surface area contributed by atoms with Crippen molar-refractivity contribution in [2.45, 2.75) is 24.8 Å². The molecule has 0 radical (unpaired) electrons. The molecule has 128 valence electrons. The Hall–Kier alpha value is -2.33. The number of hydrogen-bond donors (Lipinski definition) is 1. The van der Waals surface area contributed by atoms with Crippen LogP contribution in [0.4, 0.5) is 5.69 Å². The Labute approximate surface area is 154 Å². The van der Waals surface area contributed by atoms with E-state index in [-0.39, 0.29) is 12.3 Å². The number of halogens is 2. The third kappa shape index (κ3) is 3.54. The van der Waals surface area contributed by atoms with Crippen molar-refractivity contribution in [3.8, 4) is 0 Å². The topological polar surface area (TPSA) is 70.0 Å². The lowest BCUT2D eigenvalue weighted by Crippen LogP contribution is -2.43. The van der Waals surface area contributed by atoms with Gasteiger partial charge in [0.2, 0.25) is 0 Å². The molecule has 2 aromatic carbocycles. The molecule has 2 aromatic rings. The van der Waals surface area contributed by atoms with Crippen molar-refractivity contribution >= 4 is 40.9 Å². The molecule has 1 heterocycles. The van der Waals surface area contributed by atoms with E-state index in [2.05, 4.69) is 5.10 Å². The Kier molecular flexibility index (Phi) is 5.09. The van der Waals surface area contributed by atoms with E-state index in [1.807, 2.05) is 30.3 Å². The van der Waals surface area contributed by atoms with E-state index in [1.165, 1.54) is 6.08 Å². The van der Waals surface area contributed by atoms with Gasteiger partial charge in [0, 0.05) is 10.0 Å². The zero-order valence-electron chi connectivity index (χ0n) is 13.0. The maximum Gasteiger partial charge on any atom is 0.328 e. The molecule has 0 unspecified atom stereocenters. The number of carbonyl (C=O) groups is 1. The van der Waals surface area contributed by atoms with Crippen molar-refractivity contribution in [1.29, 1.82) is 0 Å². The minimum absolute atomic E-state index is 0.138. The number of hydrazone groups is 1. The van der Waals surface area contributed by atoms with Crippen molar-refractivity contribution in [2.75, 3.05) is 5.01 Å². The first-order valence-corrected chi connectivity index (χ1v) is 8.39. The molecule has 0 saturated heterocycles. The van der Waals surface area contributed by atoms with Crippen molar-refractivity contribution in [3.05, 3.63) is 63.6 Å². The van der Waals surface area contributed by atoms with Gasteiger partial charge in [0.1, 0.15) is 0 Å². The van der Waals surface area contributed by atoms with Gasteiger partial charge >= 0.3 is 5.97 Å². The first-order valence-electron chi connectivity index (χ1n) is 7.64. The van der Waals surface area contributed by atoms with E-state index in [0.717, 1.165) is 16.1 Å². The fourth-order valence-corrected chi connectivity index (χ4v) is 3.91. The fourth-order valence-electron chi connectivity index (χ4n) is 3.28. The summed E-state index contributed by atoms with van der Waals surface area (Å²) < 4.78 is 0. The van der Waals surface area contributed by atoms with E-state index in [4.69, 9.17) is 23.2 Å². The normalized spacial score (nSPS) is 19.0. The summed E-state index contributed by atoms with van der Waals surface area (Å²) in [6.07, 6.45) is 2.31. The molecule has 0 saturated carbocycles. The molecule has 25 heavy (non-hydrogen) atoms. The number of fused-ring (bicyclic) bond motifs is 1. The second-order valence-electron chi connectivity index (χ2n) is 5.83. The molecule has 0 fully saturated rings. The SMILES string of the molecule is O=C=NN1c2cc(Cl)cc(Cl)c2[C@@H](Cc2ccccc2)C[C@@H]1C(=O)O. The lowest BCUT2D eigenvalue weighted by molar-refractivity contribution is -0.139. The number of nitrogens with zero attached hydrogens (tertiary/aromatic N) is 2. The molecule has 0 spiro atoms. The van der Waals surface area contributed by atoms with Gasteiger partial charge in [0.25, 0.3) is 6.08 Å². The fraction of sp³-hybridized carbons (Fsp3) is 0.222. The molecule has 0 bridgehead atoms. The molecular weight excluding hydrogens is 363 g/mol. The van der Waals surface area contributed by atoms with E-state index in [1.54, 1.807) is 12.1 Å². The predicted octanol–water partition coefficient (Wildman–Crippen LogP) is 4.23. The zero-order valence-corrected chi connectivity index (χ0v) is 14.5. The number of anilines is 1. The van der Waals surface area contributed by atoms with Crippen LogP contribution in [0.2, 0.25) is 10.0 Å². The van der Waals surface area contributed by atoms with Gasteiger partial charge in [-0.1, -0.05) is 58.6 Å². The number of carboxylic acid groups (broad SMARTS) is 1. The summed E-state index contributed by atoms with van der Waals surface area (Å²) >= 11 is 12.5. The predicted molar refractivity (Wildman–Crippen MR) is 96.0 cm³/mol. The van der Waals surface area contributed by atoms with Crippen molar-refractivity contribution in [2.24, 2.45) is 5.10 Å². The maximum absolute atomic E-state index is 11.7. The van der Waals surface area contributed by atoms with Crippen LogP contribution in [-0.4, -0.2) is 23.2 Å². The van der Waals surface area contributed by atoms with Crippen LogP contribution in [0.15, 0.2) is 47.6 Å². The first-order chi connectivity index (χ1) is 12.0. The summed E-state index contributed by atoms with van der Waals surface area (Å²) in [6, 6.07) is 12.0. The van der Waals surface area contributed by atoms with Gasteiger partial charge in [-0.2, -0.15) is 0 Å². The maximum atomic E-state index is 11.7. The van der Waals surface area contributed by atoms with Crippen LogP contribution < -0.4 is 5.01 Å². The van der Waals surface area contributed by atoms with Crippen molar-refractivity contribution in [1.82, 2.24) is 0 Å². The van der Waals surface area contributed by atoms with Gasteiger partial charge in [-0.05, 0) is 42.0 Å². The Balaban J connectivity index is 2.12. The second kappa shape index (κ2) is 7.28.